The first-order valence-corrected chi connectivity index (χ1v) is 12.9. The van der Waals surface area contributed by atoms with Gasteiger partial charge in [0.2, 0.25) is 11.8 Å². The molecule has 0 heterocycles. The van der Waals surface area contributed by atoms with E-state index in [1.165, 1.54) is 37.2 Å². The molecule has 2 rings (SSSR count). The van der Waals surface area contributed by atoms with Crippen molar-refractivity contribution >= 4 is 27.7 Å². The van der Waals surface area contributed by atoms with Crippen LogP contribution in [-0.2, 0) is 26.2 Å². The number of carbonyl (C=O) groups is 2. The van der Waals surface area contributed by atoms with Gasteiger partial charge in [-0.3, -0.25) is 9.59 Å². The molecule has 0 bridgehead atoms. The summed E-state index contributed by atoms with van der Waals surface area (Å²) in [4.78, 5) is 27.7. The zero-order valence-electron chi connectivity index (χ0n) is 20.9. The zero-order valence-corrected chi connectivity index (χ0v) is 21.8. The Labute approximate surface area is 207 Å². The lowest BCUT2D eigenvalue weighted by Crippen LogP contribution is -2.53. The lowest BCUT2D eigenvalue weighted by atomic mass is 10.1. The minimum absolute atomic E-state index is 0.187. The van der Waals surface area contributed by atoms with Gasteiger partial charge in [-0.25, -0.2) is 8.70 Å². The molecule has 0 spiro atoms. The number of para-hydroxylation sites is 1. The first kappa shape index (κ1) is 28.3. The highest BCUT2D eigenvalue weighted by Gasteiger charge is 2.33. The number of hydrogen-bond donors (Lipinski definition) is 1. The minimum Gasteiger partial charge on any atom is -0.354 e. The molecule has 1 atom stereocenters. The summed E-state index contributed by atoms with van der Waals surface area (Å²) in [6.07, 6.45) is 0.467. The number of nitrogens with one attached hydrogen (secondary N) is 1. The average Bonchev–Trinajstić information content (AvgIpc) is 2.82. The van der Waals surface area contributed by atoms with Crippen molar-refractivity contribution in [2.75, 3.05) is 38.0 Å². The molecular formula is C25H35FN4O4S. The van der Waals surface area contributed by atoms with Crippen LogP contribution in [0.25, 0.3) is 0 Å². The minimum atomic E-state index is -4.20. The van der Waals surface area contributed by atoms with E-state index in [0.717, 1.165) is 20.2 Å². The van der Waals surface area contributed by atoms with E-state index in [-0.39, 0.29) is 24.1 Å². The van der Waals surface area contributed by atoms with Crippen molar-refractivity contribution in [3.8, 4) is 0 Å². The molecule has 0 radical (unpaired) electrons. The molecule has 1 N–H and O–H groups in total. The molecule has 35 heavy (non-hydrogen) atoms. The molecule has 192 valence electrons. The topological polar surface area (TPSA) is 90.0 Å². The quantitative estimate of drug-likeness (QED) is 0.479. The van der Waals surface area contributed by atoms with E-state index in [1.807, 2.05) is 44.2 Å². The zero-order chi connectivity index (χ0) is 26.2. The van der Waals surface area contributed by atoms with Crippen LogP contribution in [-0.4, -0.2) is 69.2 Å². The number of carbonyl (C=O) groups excluding carboxylic acids is 2. The van der Waals surface area contributed by atoms with Crippen LogP contribution in [0.2, 0.25) is 0 Å². The highest BCUT2D eigenvalue weighted by atomic mass is 32.2. The standard InChI is InChI=1S/C25H35FN4O4S/c1-19(2)17-27-25(32)20(3)29(16-15-21-11-7-6-8-12-21)24(31)18-30(35(33,34)28(4)5)23-14-10-9-13-22(23)26/h6-14,19-20H,15-18H2,1-5H3,(H,27,32)/t20-/m0/s1. The fourth-order valence-corrected chi connectivity index (χ4v) is 4.44. The summed E-state index contributed by atoms with van der Waals surface area (Å²) in [6, 6.07) is 14.0. The summed E-state index contributed by atoms with van der Waals surface area (Å²) < 4.78 is 42.3. The van der Waals surface area contributed by atoms with Gasteiger partial charge in [0.15, 0.2) is 0 Å². The molecule has 8 nitrogen and oxygen atoms in total. The number of anilines is 1. The third-order valence-electron chi connectivity index (χ3n) is 5.48. The second-order valence-corrected chi connectivity index (χ2v) is 11.0. The third-order valence-corrected chi connectivity index (χ3v) is 7.28. The van der Waals surface area contributed by atoms with Gasteiger partial charge in [0.25, 0.3) is 0 Å². The maximum absolute atomic E-state index is 14.6. The average molecular weight is 507 g/mol. The summed E-state index contributed by atoms with van der Waals surface area (Å²) in [5.74, 6) is -1.50. The van der Waals surface area contributed by atoms with E-state index in [1.54, 1.807) is 6.92 Å². The smallest absolute Gasteiger partial charge is 0.304 e. The Morgan fingerprint density at radius 2 is 1.57 bits per heavy atom. The highest BCUT2D eigenvalue weighted by Crippen LogP contribution is 2.23. The number of hydrogen-bond acceptors (Lipinski definition) is 4. The molecular weight excluding hydrogens is 471 g/mol. The second kappa shape index (κ2) is 12.6. The van der Waals surface area contributed by atoms with Crippen LogP contribution in [0.4, 0.5) is 10.1 Å². The van der Waals surface area contributed by atoms with E-state index in [4.69, 9.17) is 0 Å². The summed E-state index contributed by atoms with van der Waals surface area (Å²) in [6.45, 7) is 5.50. The molecule has 0 fully saturated rings. The van der Waals surface area contributed by atoms with Crippen molar-refractivity contribution < 1.29 is 22.4 Å². The molecule has 0 saturated heterocycles. The SMILES string of the molecule is CC(C)CNC(=O)[C@H](C)N(CCc1ccccc1)C(=O)CN(c1ccccc1F)S(=O)(=O)N(C)C. The van der Waals surface area contributed by atoms with Crippen molar-refractivity contribution in [2.24, 2.45) is 5.92 Å². The number of nitrogens with zero attached hydrogens (tertiary/aromatic N) is 3. The van der Waals surface area contributed by atoms with E-state index in [2.05, 4.69) is 5.32 Å². The van der Waals surface area contributed by atoms with Crippen LogP contribution < -0.4 is 9.62 Å². The fourth-order valence-electron chi connectivity index (χ4n) is 3.38. The van der Waals surface area contributed by atoms with Crippen LogP contribution in [0, 0.1) is 11.7 Å². The molecule has 2 amide bonds. The summed E-state index contributed by atoms with van der Waals surface area (Å²) in [7, 11) is -1.58. The Bertz CT molecular complexity index is 1090. The van der Waals surface area contributed by atoms with E-state index < -0.39 is 34.5 Å². The van der Waals surface area contributed by atoms with Crippen LogP contribution in [0.5, 0.6) is 0 Å². The Kier molecular flexibility index (Phi) is 10.2. The third kappa shape index (κ3) is 7.76. The van der Waals surface area contributed by atoms with Gasteiger partial charge in [0.1, 0.15) is 18.4 Å². The van der Waals surface area contributed by atoms with E-state index in [9.17, 15) is 22.4 Å². The molecule has 0 aliphatic carbocycles. The summed E-state index contributed by atoms with van der Waals surface area (Å²) in [5.41, 5.74) is 0.724. The van der Waals surface area contributed by atoms with Gasteiger partial charge in [-0.15, -0.1) is 0 Å². The van der Waals surface area contributed by atoms with Crippen LogP contribution >= 0.6 is 0 Å². The first-order chi connectivity index (χ1) is 16.4. The molecule has 0 saturated carbocycles. The molecule has 2 aromatic carbocycles. The molecule has 2 aromatic rings. The van der Waals surface area contributed by atoms with Gasteiger partial charge < -0.3 is 10.2 Å². The number of benzene rings is 2. The Morgan fingerprint density at radius 3 is 2.14 bits per heavy atom. The molecule has 0 aliphatic rings. The molecule has 0 unspecified atom stereocenters. The molecule has 10 heteroatoms. The van der Waals surface area contributed by atoms with Crippen molar-refractivity contribution in [2.45, 2.75) is 33.2 Å². The highest BCUT2D eigenvalue weighted by molar-refractivity contribution is 7.90. The summed E-state index contributed by atoms with van der Waals surface area (Å²) in [5, 5.41) is 2.83. The second-order valence-electron chi connectivity index (χ2n) is 8.89. The normalized spacial score (nSPS) is 12.5. The van der Waals surface area contributed by atoms with Crippen LogP contribution in [0.15, 0.2) is 54.6 Å². The van der Waals surface area contributed by atoms with Gasteiger partial charge in [-0.1, -0.05) is 56.3 Å². The van der Waals surface area contributed by atoms with Crippen LogP contribution in [0.1, 0.15) is 26.3 Å². The van der Waals surface area contributed by atoms with E-state index in [0.29, 0.717) is 13.0 Å². The predicted octanol–water partition coefficient (Wildman–Crippen LogP) is 2.67. The van der Waals surface area contributed by atoms with Crippen molar-refractivity contribution in [1.82, 2.24) is 14.5 Å². The van der Waals surface area contributed by atoms with Crippen molar-refractivity contribution in [3.05, 3.63) is 66.0 Å². The van der Waals surface area contributed by atoms with Gasteiger partial charge >= 0.3 is 10.2 Å². The van der Waals surface area contributed by atoms with Gasteiger partial charge in [-0.2, -0.15) is 12.7 Å². The summed E-state index contributed by atoms with van der Waals surface area (Å²) >= 11 is 0. The Balaban J connectivity index is 2.37. The molecule has 0 aliphatic heterocycles. The Morgan fingerprint density at radius 1 is 0.971 bits per heavy atom. The van der Waals surface area contributed by atoms with Gasteiger partial charge in [0.05, 0.1) is 5.69 Å². The monoisotopic (exact) mass is 506 g/mol. The van der Waals surface area contributed by atoms with E-state index >= 15 is 0 Å². The molecule has 0 aromatic heterocycles. The van der Waals surface area contributed by atoms with Crippen molar-refractivity contribution in [3.63, 3.8) is 0 Å². The first-order valence-electron chi connectivity index (χ1n) is 11.5. The van der Waals surface area contributed by atoms with Gasteiger partial charge in [0, 0.05) is 27.2 Å². The maximum atomic E-state index is 14.6. The number of amides is 2. The number of halogens is 1. The maximum Gasteiger partial charge on any atom is 0.304 e. The van der Waals surface area contributed by atoms with Crippen molar-refractivity contribution in [1.29, 1.82) is 0 Å². The van der Waals surface area contributed by atoms with Crippen LogP contribution in [0.3, 0.4) is 0 Å². The fraction of sp³-hybridized carbons (Fsp3) is 0.440. The lowest BCUT2D eigenvalue weighted by molar-refractivity contribution is -0.138. The number of rotatable bonds is 12. The largest absolute Gasteiger partial charge is 0.354 e. The Hall–Kier alpha value is -2.98. The van der Waals surface area contributed by atoms with Gasteiger partial charge in [-0.05, 0) is 37.0 Å². The lowest BCUT2D eigenvalue weighted by Gasteiger charge is -2.33. The predicted molar refractivity (Wildman–Crippen MR) is 136 cm³/mol.